The number of carbonyl (C=O) groups excluding carboxylic acids is 1. The quantitative estimate of drug-likeness (QED) is 0.755. The summed E-state index contributed by atoms with van der Waals surface area (Å²) in [6, 6.07) is 1.62. The minimum absolute atomic E-state index is 0.00580. The third-order valence-corrected chi connectivity index (χ3v) is 2.91. The lowest BCUT2D eigenvalue weighted by molar-refractivity contribution is -0.120. The van der Waals surface area contributed by atoms with E-state index in [2.05, 4.69) is 27.5 Å². The number of hydrogen-bond donors (Lipinski definition) is 2. The Balaban J connectivity index is 2.02. The van der Waals surface area contributed by atoms with Crippen LogP contribution in [0.2, 0.25) is 5.28 Å². The summed E-state index contributed by atoms with van der Waals surface area (Å²) in [5.74, 6) is 0.766. The second kappa shape index (κ2) is 4.76. The van der Waals surface area contributed by atoms with Crippen molar-refractivity contribution in [3.05, 3.63) is 17.5 Å². The molecule has 16 heavy (non-hydrogen) atoms. The summed E-state index contributed by atoms with van der Waals surface area (Å²) in [5.41, 5.74) is 0. The Kier molecular flexibility index (Phi) is 3.36. The Hall–Kier alpha value is -1.20. The third kappa shape index (κ3) is 2.48. The van der Waals surface area contributed by atoms with Gasteiger partial charge >= 0.3 is 0 Å². The van der Waals surface area contributed by atoms with E-state index < -0.39 is 0 Å². The van der Waals surface area contributed by atoms with Gasteiger partial charge in [-0.1, -0.05) is 6.92 Å². The van der Waals surface area contributed by atoms with Crippen LogP contribution in [-0.4, -0.2) is 29.0 Å². The maximum atomic E-state index is 11.9. The molecule has 0 aliphatic carbocycles. The summed E-state index contributed by atoms with van der Waals surface area (Å²) >= 11 is 5.63. The number of amides is 1. The molecular weight excluding hydrogens is 228 g/mol. The summed E-state index contributed by atoms with van der Waals surface area (Å²) in [7, 11) is 0. The highest BCUT2D eigenvalue weighted by Gasteiger charge is 2.29. The van der Waals surface area contributed by atoms with Crippen LogP contribution < -0.4 is 10.6 Å². The van der Waals surface area contributed by atoms with Gasteiger partial charge < -0.3 is 10.6 Å². The van der Waals surface area contributed by atoms with Crippen molar-refractivity contribution in [3.63, 3.8) is 0 Å². The molecule has 0 unspecified atom stereocenters. The number of halogens is 1. The van der Waals surface area contributed by atoms with Gasteiger partial charge in [-0.15, -0.1) is 0 Å². The van der Waals surface area contributed by atoms with Crippen molar-refractivity contribution < 1.29 is 4.79 Å². The van der Waals surface area contributed by atoms with E-state index in [1.54, 1.807) is 6.07 Å². The first-order valence-electron chi connectivity index (χ1n) is 5.17. The topological polar surface area (TPSA) is 66.9 Å². The summed E-state index contributed by atoms with van der Waals surface area (Å²) in [4.78, 5) is 19.5. The van der Waals surface area contributed by atoms with Crippen LogP contribution in [0.4, 0.5) is 5.82 Å². The lowest BCUT2D eigenvalue weighted by Crippen LogP contribution is -2.28. The molecular formula is C10H13ClN4O. The molecule has 1 aromatic heterocycles. The smallest absolute Gasteiger partial charge is 0.230 e. The van der Waals surface area contributed by atoms with Gasteiger partial charge in [-0.05, 0) is 30.1 Å². The molecule has 0 bridgehead atoms. The summed E-state index contributed by atoms with van der Waals surface area (Å²) in [5, 5.41) is 6.06. The Morgan fingerprint density at radius 2 is 2.44 bits per heavy atom. The van der Waals surface area contributed by atoms with Crippen LogP contribution in [0.5, 0.6) is 0 Å². The third-order valence-electron chi connectivity index (χ3n) is 2.73. The van der Waals surface area contributed by atoms with Gasteiger partial charge in [0.1, 0.15) is 5.82 Å². The molecule has 0 spiro atoms. The van der Waals surface area contributed by atoms with E-state index in [1.807, 2.05) is 0 Å². The van der Waals surface area contributed by atoms with Gasteiger partial charge in [-0.2, -0.15) is 0 Å². The Bertz CT molecular complexity index is 398. The molecule has 1 aliphatic heterocycles. The van der Waals surface area contributed by atoms with Crippen LogP contribution in [0.15, 0.2) is 12.3 Å². The highest BCUT2D eigenvalue weighted by Crippen LogP contribution is 2.17. The molecule has 1 saturated heterocycles. The molecule has 0 saturated carbocycles. The Morgan fingerprint density at radius 1 is 1.62 bits per heavy atom. The highest BCUT2D eigenvalue weighted by atomic mass is 35.5. The number of nitrogens with one attached hydrogen (secondary N) is 2. The van der Waals surface area contributed by atoms with E-state index in [4.69, 9.17) is 11.6 Å². The normalized spacial score (nSPS) is 24.4. The van der Waals surface area contributed by atoms with Crippen molar-refractivity contribution in [2.75, 3.05) is 18.4 Å². The van der Waals surface area contributed by atoms with E-state index in [0.29, 0.717) is 18.3 Å². The molecule has 2 rings (SSSR count). The van der Waals surface area contributed by atoms with Gasteiger partial charge in [-0.25, -0.2) is 9.97 Å². The Labute approximate surface area is 98.6 Å². The second-order valence-corrected chi connectivity index (χ2v) is 4.28. The van der Waals surface area contributed by atoms with Crippen LogP contribution in [0.3, 0.4) is 0 Å². The van der Waals surface area contributed by atoms with Crippen LogP contribution in [-0.2, 0) is 4.79 Å². The standard InChI is InChI=1S/C10H13ClN4O/c1-6-4-12-5-7(6)9(16)14-8-2-3-13-10(11)15-8/h2-3,6-7,12H,4-5H2,1H3,(H,13,14,15,16)/t6-,7-/m1/s1. The first-order valence-corrected chi connectivity index (χ1v) is 5.55. The molecule has 2 atom stereocenters. The number of rotatable bonds is 2. The van der Waals surface area contributed by atoms with Gasteiger partial charge in [0, 0.05) is 12.7 Å². The van der Waals surface area contributed by atoms with Crippen LogP contribution in [0, 0.1) is 11.8 Å². The Morgan fingerprint density at radius 3 is 3.06 bits per heavy atom. The molecule has 2 N–H and O–H groups in total. The van der Waals surface area contributed by atoms with Crippen molar-refractivity contribution in [1.82, 2.24) is 15.3 Å². The van der Waals surface area contributed by atoms with Crippen LogP contribution >= 0.6 is 11.6 Å². The van der Waals surface area contributed by atoms with Gasteiger partial charge in [-0.3, -0.25) is 4.79 Å². The molecule has 86 valence electrons. The van der Waals surface area contributed by atoms with Gasteiger partial charge in [0.25, 0.3) is 0 Å². The first-order chi connectivity index (χ1) is 7.66. The van der Waals surface area contributed by atoms with Crippen molar-refractivity contribution in [2.45, 2.75) is 6.92 Å². The lowest BCUT2D eigenvalue weighted by Gasteiger charge is -2.13. The van der Waals surface area contributed by atoms with E-state index in [9.17, 15) is 4.79 Å². The minimum atomic E-state index is -0.0210. The van der Waals surface area contributed by atoms with E-state index >= 15 is 0 Å². The maximum Gasteiger partial charge on any atom is 0.230 e. The van der Waals surface area contributed by atoms with Gasteiger partial charge in [0.15, 0.2) is 0 Å². The fourth-order valence-electron chi connectivity index (χ4n) is 1.78. The lowest BCUT2D eigenvalue weighted by atomic mass is 9.97. The molecule has 1 amide bonds. The van der Waals surface area contributed by atoms with Gasteiger partial charge in [0.2, 0.25) is 11.2 Å². The SMILES string of the molecule is C[C@@H]1CNC[C@H]1C(=O)Nc1ccnc(Cl)n1. The highest BCUT2D eigenvalue weighted by molar-refractivity contribution is 6.28. The van der Waals surface area contributed by atoms with Gasteiger partial charge in [0.05, 0.1) is 5.92 Å². The molecule has 5 nitrogen and oxygen atoms in total. The molecule has 2 heterocycles. The largest absolute Gasteiger partial charge is 0.316 e. The maximum absolute atomic E-state index is 11.9. The van der Waals surface area contributed by atoms with Crippen molar-refractivity contribution in [3.8, 4) is 0 Å². The zero-order chi connectivity index (χ0) is 11.5. The molecule has 0 aromatic carbocycles. The molecule has 1 fully saturated rings. The fourth-order valence-corrected chi connectivity index (χ4v) is 1.93. The monoisotopic (exact) mass is 240 g/mol. The second-order valence-electron chi connectivity index (χ2n) is 3.94. The average molecular weight is 241 g/mol. The van der Waals surface area contributed by atoms with Crippen molar-refractivity contribution >= 4 is 23.3 Å². The number of aromatic nitrogens is 2. The van der Waals surface area contributed by atoms with Crippen molar-refractivity contribution in [1.29, 1.82) is 0 Å². The molecule has 1 aliphatic rings. The molecule has 1 aromatic rings. The van der Waals surface area contributed by atoms with E-state index in [1.165, 1.54) is 6.20 Å². The summed E-state index contributed by atoms with van der Waals surface area (Å²) < 4.78 is 0. The fraction of sp³-hybridized carbons (Fsp3) is 0.500. The zero-order valence-electron chi connectivity index (χ0n) is 8.90. The molecule has 0 radical (unpaired) electrons. The van der Waals surface area contributed by atoms with Crippen LogP contribution in [0.25, 0.3) is 0 Å². The molecule has 6 heteroatoms. The average Bonchev–Trinajstić information content (AvgIpc) is 2.64. The number of anilines is 1. The number of hydrogen-bond acceptors (Lipinski definition) is 4. The van der Waals surface area contributed by atoms with E-state index in [-0.39, 0.29) is 17.1 Å². The predicted molar refractivity (Wildman–Crippen MR) is 61.2 cm³/mol. The van der Waals surface area contributed by atoms with Crippen LogP contribution in [0.1, 0.15) is 6.92 Å². The summed E-state index contributed by atoms with van der Waals surface area (Å²) in [6.45, 7) is 3.64. The zero-order valence-corrected chi connectivity index (χ0v) is 9.66. The minimum Gasteiger partial charge on any atom is -0.316 e. The summed E-state index contributed by atoms with van der Waals surface area (Å²) in [6.07, 6.45) is 1.52. The van der Waals surface area contributed by atoms with Crippen molar-refractivity contribution in [2.24, 2.45) is 11.8 Å². The number of carbonyl (C=O) groups is 1. The first kappa shape index (κ1) is 11.3. The van der Waals surface area contributed by atoms with E-state index in [0.717, 1.165) is 6.54 Å². The number of nitrogens with zero attached hydrogens (tertiary/aromatic N) is 2. The predicted octanol–water partition coefficient (Wildman–Crippen LogP) is 0.924.